The van der Waals surface area contributed by atoms with Crippen LogP contribution in [0.1, 0.15) is 60.3 Å². The number of ether oxygens (including phenoxy) is 1. The van der Waals surface area contributed by atoms with Gasteiger partial charge in [-0.3, -0.25) is 0 Å². The van der Waals surface area contributed by atoms with Gasteiger partial charge in [-0.05, 0) is 42.9 Å². The molecule has 0 aromatic heterocycles. The van der Waals surface area contributed by atoms with Crippen molar-refractivity contribution in [1.82, 2.24) is 5.32 Å². The fourth-order valence-corrected chi connectivity index (χ4v) is 4.27. The number of hydrogen-bond donors (Lipinski definition) is 1. The fourth-order valence-electron chi connectivity index (χ4n) is 4.27. The second kappa shape index (κ2) is 5.13. The van der Waals surface area contributed by atoms with Crippen LogP contribution in [0.25, 0.3) is 0 Å². The minimum atomic E-state index is 0.121. The minimum absolute atomic E-state index is 0.121. The van der Waals surface area contributed by atoms with Crippen LogP contribution in [-0.2, 0) is 4.74 Å². The molecule has 1 heterocycles. The van der Waals surface area contributed by atoms with Crippen LogP contribution >= 0.6 is 0 Å². The molecule has 2 aliphatic rings. The lowest BCUT2D eigenvalue weighted by Gasteiger charge is -2.46. The van der Waals surface area contributed by atoms with E-state index in [-0.39, 0.29) is 5.60 Å². The Morgan fingerprint density at radius 3 is 2.50 bits per heavy atom. The van der Waals surface area contributed by atoms with Crippen LogP contribution in [0.2, 0.25) is 0 Å². The second-order valence-corrected chi connectivity index (χ2v) is 7.79. The molecule has 3 unspecified atom stereocenters. The first-order valence-electron chi connectivity index (χ1n) is 7.72. The maximum atomic E-state index is 6.31. The molecule has 0 aromatic carbocycles. The quantitative estimate of drug-likeness (QED) is 0.829. The van der Waals surface area contributed by atoms with Crippen molar-refractivity contribution in [2.45, 2.75) is 71.9 Å². The molecule has 1 spiro atoms. The summed E-state index contributed by atoms with van der Waals surface area (Å²) >= 11 is 0. The summed E-state index contributed by atoms with van der Waals surface area (Å²) in [5, 5.41) is 3.77. The summed E-state index contributed by atoms with van der Waals surface area (Å²) in [4.78, 5) is 0. The Hall–Kier alpha value is -0.0800. The van der Waals surface area contributed by atoms with E-state index >= 15 is 0 Å². The van der Waals surface area contributed by atoms with Gasteiger partial charge in [-0.1, -0.05) is 34.6 Å². The Balaban J connectivity index is 2.11. The Kier molecular flexibility index (Phi) is 4.08. The van der Waals surface area contributed by atoms with Crippen molar-refractivity contribution in [3.8, 4) is 0 Å². The summed E-state index contributed by atoms with van der Waals surface area (Å²) in [5.74, 6) is 1.48. The largest absolute Gasteiger partial charge is 0.372 e. The Morgan fingerprint density at radius 1 is 1.22 bits per heavy atom. The zero-order valence-electron chi connectivity index (χ0n) is 12.9. The molecule has 0 aromatic rings. The van der Waals surface area contributed by atoms with E-state index in [9.17, 15) is 0 Å². The van der Waals surface area contributed by atoms with Crippen molar-refractivity contribution in [1.29, 1.82) is 0 Å². The van der Waals surface area contributed by atoms with Crippen LogP contribution in [-0.4, -0.2) is 24.8 Å². The van der Waals surface area contributed by atoms with Gasteiger partial charge in [-0.15, -0.1) is 0 Å². The lowest BCUT2D eigenvalue weighted by molar-refractivity contribution is -0.111. The summed E-state index contributed by atoms with van der Waals surface area (Å²) in [6, 6.07) is 0.551. The highest BCUT2D eigenvalue weighted by molar-refractivity contribution is 5.05. The van der Waals surface area contributed by atoms with Gasteiger partial charge in [0.05, 0.1) is 12.2 Å². The predicted molar refractivity (Wildman–Crippen MR) is 76.7 cm³/mol. The lowest BCUT2D eigenvalue weighted by Crippen LogP contribution is -2.60. The van der Waals surface area contributed by atoms with Gasteiger partial charge in [0.1, 0.15) is 0 Å². The van der Waals surface area contributed by atoms with Crippen molar-refractivity contribution in [3.63, 3.8) is 0 Å². The molecule has 1 N–H and O–H groups in total. The molecule has 2 nitrogen and oxygen atoms in total. The molecule has 0 amide bonds. The molecular weight excluding hydrogens is 222 g/mol. The molecular formula is C16H31NO. The molecule has 3 atom stereocenters. The van der Waals surface area contributed by atoms with Crippen LogP contribution in [0.4, 0.5) is 0 Å². The average molecular weight is 253 g/mol. The second-order valence-electron chi connectivity index (χ2n) is 7.79. The van der Waals surface area contributed by atoms with E-state index in [1.807, 2.05) is 0 Å². The number of hydrogen-bond acceptors (Lipinski definition) is 2. The van der Waals surface area contributed by atoms with Crippen LogP contribution < -0.4 is 5.32 Å². The highest BCUT2D eigenvalue weighted by Gasteiger charge is 2.51. The number of rotatable bonds is 3. The van der Waals surface area contributed by atoms with Crippen molar-refractivity contribution in [2.75, 3.05) is 13.2 Å². The molecule has 2 heteroatoms. The summed E-state index contributed by atoms with van der Waals surface area (Å²) in [5.41, 5.74) is 0.574. The van der Waals surface area contributed by atoms with E-state index < -0.39 is 0 Å². The van der Waals surface area contributed by atoms with Gasteiger partial charge >= 0.3 is 0 Å². The van der Waals surface area contributed by atoms with Crippen molar-refractivity contribution >= 4 is 0 Å². The first-order chi connectivity index (χ1) is 8.35. The summed E-state index contributed by atoms with van der Waals surface area (Å²) in [6.45, 7) is 13.8. The number of nitrogens with one attached hydrogen (secondary N) is 1. The summed E-state index contributed by atoms with van der Waals surface area (Å²) in [7, 11) is 0. The standard InChI is InChI=1S/C16H31NO/c1-12(2)10-13(3)14-16(18-9-8-17-14)7-6-15(4,5)11-16/h12-14,17H,6-11H2,1-5H3. The van der Waals surface area contributed by atoms with Crippen molar-refractivity contribution < 1.29 is 4.74 Å². The highest BCUT2D eigenvalue weighted by atomic mass is 16.5. The molecule has 1 saturated carbocycles. The maximum Gasteiger partial charge on any atom is 0.0843 e. The first-order valence-corrected chi connectivity index (χ1v) is 7.72. The van der Waals surface area contributed by atoms with Crippen LogP contribution in [0, 0.1) is 17.3 Å². The zero-order chi connectivity index (χ0) is 13.4. The average Bonchev–Trinajstić information content (AvgIpc) is 2.54. The lowest BCUT2D eigenvalue weighted by atomic mass is 9.77. The molecule has 0 radical (unpaired) electrons. The third-order valence-electron chi connectivity index (χ3n) is 4.84. The van der Waals surface area contributed by atoms with Crippen LogP contribution in [0.3, 0.4) is 0 Å². The van der Waals surface area contributed by atoms with Crippen LogP contribution in [0.5, 0.6) is 0 Å². The van der Waals surface area contributed by atoms with Gasteiger partial charge in [0.25, 0.3) is 0 Å². The van der Waals surface area contributed by atoms with Gasteiger partial charge in [-0.2, -0.15) is 0 Å². The fraction of sp³-hybridized carbons (Fsp3) is 1.00. The molecule has 2 rings (SSSR count). The molecule has 1 saturated heterocycles. The van der Waals surface area contributed by atoms with Gasteiger partial charge < -0.3 is 10.1 Å². The van der Waals surface area contributed by atoms with E-state index in [0.29, 0.717) is 17.4 Å². The smallest absolute Gasteiger partial charge is 0.0843 e. The van der Waals surface area contributed by atoms with E-state index in [0.717, 1.165) is 19.1 Å². The predicted octanol–water partition coefficient (Wildman–Crippen LogP) is 3.61. The molecule has 106 valence electrons. The van der Waals surface area contributed by atoms with Crippen molar-refractivity contribution in [3.05, 3.63) is 0 Å². The first kappa shape index (κ1) is 14.3. The van der Waals surface area contributed by atoms with Crippen LogP contribution in [0.15, 0.2) is 0 Å². The maximum absolute atomic E-state index is 6.31. The molecule has 2 fully saturated rings. The third-order valence-corrected chi connectivity index (χ3v) is 4.84. The Labute approximate surface area is 113 Å². The normalized spacial score (nSPS) is 37.3. The van der Waals surface area contributed by atoms with E-state index in [2.05, 4.69) is 39.9 Å². The summed E-state index contributed by atoms with van der Waals surface area (Å²) in [6.07, 6.45) is 5.06. The number of morpholine rings is 1. The molecule has 1 aliphatic carbocycles. The SMILES string of the molecule is CC(C)CC(C)C1NCCOC12CCC(C)(C)C2. The van der Waals surface area contributed by atoms with E-state index in [4.69, 9.17) is 4.74 Å². The van der Waals surface area contributed by atoms with Gasteiger partial charge in [-0.25, -0.2) is 0 Å². The monoisotopic (exact) mass is 253 g/mol. The highest BCUT2D eigenvalue weighted by Crippen LogP contribution is 2.49. The minimum Gasteiger partial charge on any atom is -0.372 e. The Morgan fingerprint density at radius 2 is 1.94 bits per heavy atom. The summed E-state index contributed by atoms with van der Waals surface area (Å²) < 4.78 is 6.31. The molecule has 18 heavy (non-hydrogen) atoms. The van der Waals surface area contributed by atoms with Gasteiger partial charge in [0.2, 0.25) is 0 Å². The topological polar surface area (TPSA) is 21.3 Å². The Bertz CT molecular complexity index is 287. The third kappa shape index (κ3) is 2.91. The van der Waals surface area contributed by atoms with E-state index in [1.54, 1.807) is 0 Å². The van der Waals surface area contributed by atoms with E-state index in [1.165, 1.54) is 25.7 Å². The van der Waals surface area contributed by atoms with Crippen molar-refractivity contribution in [2.24, 2.45) is 17.3 Å². The molecule has 0 bridgehead atoms. The zero-order valence-corrected chi connectivity index (χ0v) is 12.9. The van der Waals surface area contributed by atoms with Gasteiger partial charge in [0.15, 0.2) is 0 Å². The van der Waals surface area contributed by atoms with Gasteiger partial charge in [0, 0.05) is 12.6 Å². The molecule has 1 aliphatic heterocycles.